The van der Waals surface area contributed by atoms with Crippen molar-refractivity contribution in [3.63, 3.8) is 0 Å². The Morgan fingerprint density at radius 3 is 2.65 bits per heavy atom. The van der Waals surface area contributed by atoms with E-state index in [0.29, 0.717) is 10.6 Å². The predicted molar refractivity (Wildman–Crippen MR) is 84.1 cm³/mol. The number of amides is 1. The fourth-order valence-corrected chi connectivity index (χ4v) is 2.82. The summed E-state index contributed by atoms with van der Waals surface area (Å²) in [4.78, 5) is 27.9. The number of benzene rings is 1. The van der Waals surface area contributed by atoms with Crippen molar-refractivity contribution in [1.82, 2.24) is 10.3 Å². The lowest BCUT2D eigenvalue weighted by Crippen LogP contribution is -2.33. The summed E-state index contributed by atoms with van der Waals surface area (Å²) in [5.74, 6) is -1.66. The van der Waals surface area contributed by atoms with E-state index in [1.807, 2.05) is 0 Å². The fraction of sp³-hybridized carbons (Fsp3) is 0.0625. The van der Waals surface area contributed by atoms with E-state index in [0.717, 1.165) is 5.56 Å². The van der Waals surface area contributed by atoms with E-state index >= 15 is 0 Å². The zero-order valence-corrected chi connectivity index (χ0v) is 12.6. The van der Waals surface area contributed by atoms with Gasteiger partial charge in [-0.3, -0.25) is 4.79 Å². The van der Waals surface area contributed by atoms with Gasteiger partial charge in [0, 0.05) is 10.9 Å². The smallest absolute Gasteiger partial charge is 0.330 e. The van der Waals surface area contributed by atoms with Crippen LogP contribution in [0.2, 0.25) is 0 Å². The molecule has 2 aromatic heterocycles. The summed E-state index contributed by atoms with van der Waals surface area (Å²) in [6, 6.07) is 9.14. The molecule has 0 unspecified atom stereocenters. The standard InChI is InChI=1S/C16H12N2O4S/c19-14(12-9-23-15(17-12)11-6-7-22-8-11)18-13(16(20)21)10-4-2-1-3-5-10/h1-9,13H,(H,18,19)(H,20,21)/t13-/m0/s1. The van der Waals surface area contributed by atoms with Gasteiger partial charge in [-0.1, -0.05) is 30.3 Å². The van der Waals surface area contributed by atoms with E-state index in [4.69, 9.17) is 4.42 Å². The summed E-state index contributed by atoms with van der Waals surface area (Å²) in [5, 5.41) is 14.0. The average molecular weight is 328 g/mol. The number of furan rings is 1. The van der Waals surface area contributed by atoms with Crippen molar-refractivity contribution in [1.29, 1.82) is 0 Å². The Balaban J connectivity index is 1.79. The zero-order chi connectivity index (χ0) is 16.2. The third-order valence-electron chi connectivity index (χ3n) is 3.16. The normalized spacial score (nSPS) is 11.8. The number of thiazole rings is 1. The van der Waals surface area contributed by atoms with Crippen LogP contribution in [0.25, 0.3) is 10.6 Å². The lowest BCUT2D eigenvalue weighted by atomic mass is 10.1. The van der Waals surface area contributed by atoms with Crippen molar-refractivity contribution in [2.75, 3.05) is 0 Å². The van der Waals surface area contributed by atoms with Crippen LogP contribution in [0.1, 0.15) is 22.1 Å². The van der Waals surface area contributed by atoms with Crippen LogP contribution >= 0.6 is 11.3 Å². The number of aliphatic carboxylic acids is 1. The Bertz CT molecular complexity index is 812. The minimum atomic E-state index is -1.13. The second kappa shape index (κ2) is 6.45. The molecule has 2 N–H and O–H groups in total. The van der Waals surface area contributed by atoms with Crippen molar-refractivity contribution >= 4 is 23.2 Å². The summed E-state index contributed by atoms with van der Waals surface area (Å²) in [5.41, 5.74) is 1.44. The van der Waals surface area contributed by atoms with Crippen LogP contribution in [-0.2, 0) is 4.79 Å². The fourth-order valence-electron chi connectivity index (χ4n) is 2.03. The van der Waals surface area contributed by atoms with Gasteiger partial charge in [0.2, 0.25) is 0 Å². The molecule has 0 spiro atoms. The largest absolute Gasteiger partial charge is 0.479 e. The Kier molecular flexibility index (Phi) is 4.20. The summed E-state index contributed by atoms with van der Waals surface area (Å²) < 4.78 is 4.98. The van der Waals surface area contributed by atoms with Crippen molar-refractivity contribution in [3.8, 4) is 10.6 Å². The van der Waals surface area contributed by atoms with Crippen LogP contribution in [0, 0.1) is 0 Å². The lowest BCUT2D eigenvalue weighted by Gasteiger charge is -2.13. The van der Waals surface area contributed by atoms with Gasteiger partial charge in [-0.2, -0.15) is 0 Å². The zero-order valence-electron chi connectivity index (χ0n) is 11.8. The van der Waals surface area contributed by atoms with Gasteiger partial charge in [0.05, 0.1) is 6.26 Å². The number of carbonyl (C=O) groups excluding carboxylic acids is 1. The molecular formula is C16H12N2O4S. The van der Waals surface area contributed by atoms with Crippen molar-refractivity contribution in [3.05, 3.63) is 65.6 Å². The molecule has 1 aromatic carbocycles. The van der Waals surface area contributed by atoms with Crippen LogP contribution in [0.4, 0.5) is 0 Å². The van der Waals surface area contributed by atoms with E-state index in [1.165, 1.54) is 23.9 Å². The van der Waals surface area contributed by atoms with Gasteiger partial charge < -0.3 is 14.8 Å². The van der Waals surface area contributed by atoms with Crippen LogP contribution < -0.4 is 5.32 Å². The molecule has 23 heavy (non-hydrogen) atoms. The molecule has 3 rings (SSSR count). The third-order valence-corrected chi connectivity index (χ3v) is 4.05. The number of carboxylic acids is 1. The maximum atomic E-state index is 12.3. The number of hydrogen-bond acceptors (Lipinski definition) is 5. The molecule has 0 aliphatic heterocycles. The quantitative estimate of drug-likeness (QED) is 0.751. The molecule has 2 heterocycles. The number of nitrogens with zero attached hydrogens (tertiary/aromatic N) is 1. The maximum absolute atomic E-state index is 12.3. The van der Waals surface area contributed by atoms with Crippen LogP contribution in [0.5, 0.6) is 0 Å². The second-order valence-corrected chi connectivity index (χ2v) is 5.56. The molecule has 0 saturated carbocycles. The first-order valence-electron chi connectivity index (χ1n) is 6.72. The van der Waals surface area contributed by atoms with E-state index in [-0.39, 0.29) is 5.69 Å². The van der Waals surface area contributed by atoms with Gasteiger partial charge in [0.25, 0.3) is 5.91 Å². The van der Waals surface area contributed by atoms with E-state index in [2.05, 4.69) is 10.3 Å². The van der Waals surface area contributed by atoms with Gasteiger partial charge in [-0.15, -0.1) is 11.3 Å². The molecule has 7 heteroatoms. The van der Waals surface area contributed by atoms with Gasteiger partial charge >= 0.3 is 5.97 Å². The Hall–Kier alpha value is -2.93. The van der Waals surface area contributed by atoms with Crippen molar-refractivity contribution in [2.24, 2.45) is 0 Å². The average Bonchev–Trinajstić information content (AvgIpc) is 3.23. The van der Waals surface area contributed by atoms with E-state index in [9.17, 15) is 14.7 Å². The minimum Gasteiger partial charge on any atom is -0.479 e. The first-order chi connectivity index (χ1) is 11.1. The van der Waals surface area contributed by atoms with Gasteiger partial charge in [-0.05, 0) is 11.6 Å². The molecule has 0 fully saturated rings. The Labute approximate surface area is 135 Å². The summed E-state index contributed by atoms with van der Waals surface area (Å²) in [7, 11) is 0. The number of hydrogen-bond donors (Lipinski definition) is 2. The highest BCUT2D eigenvalue weighted by atomic mass is 32.1. The van der Waals surface area contributed by atoms with E-state index < -0.39 is 17.9 Å². The first kappa shape index (κ1) is 15.0. The first-order valence-corrected chi connectivity index (χ1v) is 7.60. The molecule has 0 aliphatic rings. The molecule has 6 nitrogen and oxygen atoms in total. The number of rotatable bonds is 5. The molecular weight excluding hydrogens is 316 g/mol. The highest BCUT2D eigenvalue weighted by molar-refractivity contribution is 7.13. The Morgan fingerprint density at radius 1 is 1.22 bits per heavy atom. The molecule has 116 valence electrons. The summed E-state index contributed by atoms with van der Waals surface area (Å²) >= 11 is 1.29. The maximum Gasteiger partial charge on any atom is 0.330 e. The highest BCUT2D eigenvalue weighted by Crippen LogP contribution is 2.24. The molecule has 0 radical (unpaired) electrons. The van der Waals surface area contributed by atoms with Crippen molar-refractivity contribution < 1.29 is 19.1 Å². The molecule has 1 atom stereocenters. The molecule has 0 bridgehead atoms. The van der Waals surface area contributed by atoms with Crippen molar-refractivity contribution in [2.45, 2.75) is 6.04 Å². The van der Waals surface area contributed by atoms with Crippen LogP contribution in [0.3, 0.4) is 0 Å². The monoisotopic (exact) mass is 328 g/mol. The molecule has 0 aliphatic carbocycles. The van der Waals surface area contributed by atoms with Crippen LogP contribution in [-0.4, -0.2) is 22.0 Å². The van der Waals surface area contributed by atoms with Gasteiger partial charge in [-0.25, -0.2) is 9.78 Å². The SMILES string of the molecule is O=C(N[C@H](C(=O)O)c1ccccc1)c1csc(-c2ccoc2)n1. The minimum absolute atomic E-state index is 0.174. The number of aromatic nitrogens is 1. The molecule has 3 aromatic rings. The summed E-state index contributed by atoms with van der Waals surface area (Å²) in [6.07, 6.45) is 3.05. The Morgan fingerprint density at radius 2 is 2.00 bits per heavy atom. The molecule has 1 amide bonds. The second-order valence-electron chi connectivity index (χ2n) is 4.71. The highest BCUT2D eigenvalue weighted by Gasteiger charge is 2.23. The van der Waals surface area contributed by atoms with E-state index in [1.54, 1.807) is 41.8 Å². The molecule has 0 saturated heterocycles. The lowest BCUT2D eigenvalue weighted by molar-refractivity contribution is -0.139. The summed E-state index contributed by atoms with van der Waals surface area (Å²) in [6.45, 7) is 0. The predicted octanol–water partition coefficient (Wildman–Crippen LogP) is 2.96. The van der Waals surface area contributed by atoms with Crippen LogP contribution in [0.15, 0.2) is 58.7 Å². The third kappa shape index (κ3) is 3.29. The number of carbonyl (C=O) groups is 2. The topological polar surface area (TPSA) is 92.4 Å². The number of nitrogens with one attached hydrogen (secondary N) is 1. The number of carboxylic acid groups (broad SMARTS) is 1. The van der Waals surface area contributed by atoms with Gasteiger partial charge in [0.15, 0.2) is 6.04 Å². The van der Waals surface area contributed by atoms with Gasteiger partial charge in [0.1, 0.15) is 17.0 Å².